The Bertz CT molecular complexity index is 890. The van der Waals surface area contributed by atoms with Gasteiger partial charge in [0.15, 0.2) is 5.65 Å². The Kier molecular flexibility index (Phi) is 4.05. The third-order valence-electron chi connectivity index (χ3n) is 5.35. The zero-order valence-electron chi connectivity index (χ0n) is 14.7. The molecule has 5 rings (SSSR count). The van der Waals surface area contributed by atoms with Crippen LogP contribution < -0.4 is 16.4 Å². The van der Waals surface area contributed by atoms with Crippen molar-refractivity contribution in [3.05, 3.63) is 29.1 Å². The van der Waals surface area contributed by atoms with Gasteiger partial charge in [0.1, 0.15) is 5.82 Å². The summed E-state index contributed by atoms with van der Waals surface area (Å²) in [5.74, 6) is 0.913. The summed E-state index contributed by atoms with van der Waals surface area (Å²) < 4.78 is 1.98. The molecule has 3 aromatic heterocycles. The fourth-order valence-electron chi connectivity index (χ4n) is 3.67. The first kappa shape index (κ1) is 16.1. The van der Waals surface area contributed by atoms with Crippen LogP contribution in [0.5, 0.6) is 0 Å². The van der Waals surface area contributed by atoms with E-state index in [4.69, 9.17) is 10.8 Å². The first-order chi connectivity index (χ1) is 12.8. The van der Waals surface area contributed by atoms with E-state index in [-0.39, 0.29) is 0 Å². The van der Waals surface area contributed by atoms with Gasteiger partial charge in [0.05, 0.1) is 17.6 Å². The first-order valence-electron chi connectivity index (χ1n) is 9.46. The number of imidazole rings is 1. The van der Waals surface area contributed by atoms with Crippen LogP contribution >= 0.6 is 11.3 Å². The van der Waals surface area contributed by atoms with Crippen LogP contribution in [0, 0.1) is 0 Å². The van der Waals surface area contributed by atoms with Crippen molar-refractivity contribution in [1.29, 1.82) is 0 Å². The molecule has 0 aliphatic heterocycles. The van der Waals surface area contributed by atoms with Gasteiger partial charge < -0.3 is 16.4 Å². The molecule has 26 heavy (non-hydrogen) atoms. The van der Waals surface area contributed by atoms with Crippen molar-refractivity contribution >= 4 is 28.5 Å². The lowest BCUT2D eigenvalue weighted by molar-refractivity contribution is 0.410. The van der Waals surface area contributed by atoms with Gasteiger partial charge >= 0.3 is 0 Å². The van der Waals surface area contributed by atoms with E-state index in [0.29, 0.717) is 18.1 Å². The Morgan fingerprint density at radius 1 is 1.08 bits per heavy atom. The van der Waals surface area contributed by atoms with Crippen molar-refractivity contribution < 1.29 is 0 Å². The van der Waals surface area contributed by atoms with Crippen LogP contribution in [0.1, 0.15) is 38.5 Å². The first-order valence-corrected chi connectivity index (χ1v) is 10.4. The molecule has 2 saturated carbocycles. The van der Waals surface area contributed by atoms with E-state index in [2.05, 4.69) is 38.5 Å². The Labute approximate surface area is 156 Å². The van der Waals surface area contributed by atoms with E-state index in [1.807, 2.05) is 10.7 Å². The molecule has 7 heteroatoms. The monoisotopic (exact) mass is 368 g/mol. The van der Waals surface area contributed by atoms with Gasteiger partial charge in [-0.1, -0.05) is 0 Å². The minimum Gasteiger partial charge on any atom is -0.379 e. The van der Waals surface area contributed by atoms with Crippen LogP contribution in [0.25, 0.3) is 16.9 Å². The number of nitrogens with one attached hydrogen (secondary N) is 2. The molecule has 2 fully saturated rings. The second kappa shape index (κ2) is 6.55. The van der Waals surface area contributed by atoms with Gasteiger partial charge in [0.2, 0.25) is 0 Å². The number of fused-ring (bicyclic) bond motifs is 1. The molecule has 0 unspecified atom stereocenters. The number of nitrogens with two attached hydrogens (primary N) is 1. The zero-order chi connectivity index (χ0) is 17.5. The minimum atomic E-state index is 0.356. The van der Waals surface area contributed by atoms with Crippen molar-refractivity contribution in [2.45, 2.75) is 56.7 Å². The topological polar surface area (TPSA) is 80.3 Å². The Morgan fingerprint density at radius 2 is 1.85 bits per heavy atom. The molecular formula is C19H24N6S. The summed E-state index contributed by atoms with van der Waals surface area (Å²) in [7, 11) is 0. The molecular weight excluding hydrogens is 344 g/mol. The van der Waals surface area contributed by atoms with Crippen molar-refractivity contribution in [2.75, 3.05) is 10.6 Å². The summed E-state index contributed by atoms with van der Waals surface area (Å²) >= 11 is 1.69. The predicted octanol–water partition coefficient (Wildman–Crippen LogP) is 3.71. The Morgan fingerprint density at radius 3 is 2.58 bits per heavy atom. The fraction of sp³-hybridized carbons (Fsp3) is 0.474. The van der Waals surface area contributed by atoms with Gasteiger partial charge in [0.25, 0.3) is 0 Å². The number of aromatic nitrogens is 3. The van der Waals surface area contributed by atoms with E-state index in [1.165, 1.54) is 12.8 Å². The molecule has 0 radical (unpaired) electrons. The second-order valence-corrected chi connectivity index (χ2v) is 8.29. The molecule has 0 spiro atoms. The number of rotatable bonds is 5. The normalized spacial score (nSPS) is 23.3. The molecule has 3 aromatic rings. The average molecular weight is 369 g/mol. The van der Waals surface area contributed by atoms with Crippen LogP contribution in [0.4, 0.5) is 11.5 Å². The number of hydrogen-bond acceptors (Lipinski definition) is 6. The van der Waals surface area contributed by atoms with Gasteiger partial charge in [0, 0.05) is 35.1 Å². The standard InChI is InChI=1S/C19H24N6S/c20-13-1-3-15(4-2-13)23-18-9-16(22-14-5-6-14)19-21-10-17(25(19)24-18)12-7-8-26-11-12/h7-11,13-15,22H,1-6,20H2,(H,23,24)/t13-,15-. The van der Waals surface area contributed by atoms with Gasteiger partial charge in [-0.15, -0.1) is 5.10 Å². The largest absolute Gasteiger partial charge is 0.379 e. The summed E-state index contributed by atoms with van der Waals surface area (Å²) in [6.45, 7) is 0. The van der Waals surface area contributed by atoms with Gasteiger partial charge in [-0.05, 0) is 50.0 Å². The van der Waals surface area contributed by atoms with Crippen LogP contribution in [0.2, 0.25) is 0 Å². The third kappa shape index (κ3) is 3.17. The van der Waals surface area contributed by atoms with Crippen molar-refractivity contribution in [3.8, 4) is 11.3 Å². The Hall–Kier alpha value is -2.12. The van der Waals surface area contributed by atoms with Crippen LogP contribution in [0.15, 0.2) is 29.1 Å². The van der Waals surface area contributed by atoms with E-state index in [1.54, 1.807) is 11.3 Å². The SMILES string of the molecule is N[C@H]1CC[C@H](Nc2cc(NC3CC3)c3ncc(-c4ccsc4)n3n2)CC1. The molecule has 4 N–H and O–H groups in total. The fourth-order valence-corrected chi connectivity index (χ4v) is 4.32. The van der Waals surface area contributed by atoms with E-state index < -0.39 is 0 Å². The summed E-state index contributed by atoms with van der Waals surface area (Å²) in [6.07, 6.45) is 8.76. The number of hydrogen-bond donors (Lipinski definition) is 3. The smallest absolute Gasteiger partial charge is 0.177 e. The maximum atomic E-state index is 6.05. The number of anilines is 2. The molecule has 0 bridgehead atoms. The summed E-state index contributed by atoms with van der Waals surface area (Å²) in [5.41, 5.74) is 10.2. The lowest BCUT2D eigenvalue weighted by atomic mass is 9.92. The highest BCUT2D eigenvalue weighted by Crippen LogP contribution is 2.31. The Balaban J connectivity index is 1.51. The third-order valence-corrected chi connectivity index (χ3v) is 6.03. The number of thiophene rings is 1. The van der Waals surface area contributed by atoms with Gasteiger partial charge in [-0.3, -0.25) is 0 Å². The van der Waals surface area contributed by atoms with Gasteiger partial charge in [-0.25, -0.2) is 9.50 Å². The van der Waals surface area contributed by atoms with E-state index in [9.17, 15) is 0 Å². The second-order valence-electron chi connectivity index (χ2n) is 7.51. The summed E-state index contributed by atoms with van der Waals surface area (Å²) in [4.78, 5) is 4.65. The van der Waals surface area contributed by atoms with Crippen molar-refractivity contribution in [3.63, 3.8) is 0 Å². The lowest BCUT2D eigenvalue weighted by Gasteiger charge is -2.27. The molecule has 3 heterocycles. The molecule has 136 valence electrons. The molecule has 0 atom stereocenters. The van der Waals surface area contributed by atoms with Crippen molar-refractivity contribution in [1.82, 2.24) is 14.6 Å². The zero-order valence-corrected chi connectivity index (χ0v) is 15.5. The van der Waals surface area contributed by atoms with Gasteiger partial charge in [-0.2, -0.15) is 11.3 Å². The highest BCUT2D eigenvalue weighted by Gasteiger charge is 2.24. The minimum absolute atomic E-state index is 0.356. The summed E-state index contributed by atoms with van der Waals surface area (Å²) in [6, 6.07) is 5.61. The molecule has 0 amide bonds. The lowest BCUT2D eigenvalue weighted by Crippen LogP contribution is -2.33. The molecule has 2 aliphatic rings. The molecule has 0 saturated heterocycles. The average Bonchev–Trinajstić information content (AvgIpc) is 3.12. The van der Waals surface area contributed by atoms with Crippen molar-refractivity contribution in [2.24, 2.45) is 5.73 Å². The van der Waals surface area contributed by atoms with Crippen LogP contribution in [-0.4, -0.2) is 32.7 Å². The number of nitrogens with zero attached hydrogens (tertiary/aromatic N) is 3. The maximum Gasteiger partial charge on any atom is 0.177 e. The maximum absolute atomic E-state index is 6.05. The van der Waals surface area contributed by atoms with Crippen LogP contribution in [-0.2, 0) is 0 Å². The van der Waals surface area contributed by atoms with E-state index >= 15 is 0 Å². The van der Waals surface area contributed by atoms with Crippen LogP contribution in [0.3, 0.4) is 0 Å². The highest BCUT2D eigenvalue weighted by molar-refractivity contribution is 7.08. The van der Waals surface area contributed by atoms with E-state index in [0.717, 1.165) is 54.1 Å². The molecule has 2 aliphatic carbocycles. The molecule has 6 nitrogen and oxygen atoms in total. The predicted molar refractivity (Wildman–Crippen MR) is 107 cm³/mol. The highest BCUT2D eigenvalue weighted by atomic mass is 32.1. The quantitative estimate of drug-likeness (QED) is 0.640. The summed E-state index contributed by atoms with van der Waals surface area (Å²) in [5, 5.41) is 16.4. The molecule has 0 aromatic carbocycles.